The third-order valence-electron chi connectivity index (χ3n) is 3.84. The van der Waals surface area contributed by atoms with Gasteiger partial charge in [0.1, 0.15) is 11.4 Å². The maximum Gasteiger partial charge on any atom is 0.276 e. The van der Waals surface area contributed by atoms with Gasteiger partial charge in [-0.3, -0.25) is 9.59 Å². The smallest absolute Gasteiger partial charge is 0.276 e. The average Bonchev–Trinajstić information content (AvgIpc) is 2.66. The molecule has 3 aromatic rings. The van der Waals surface area contributed by atoms with Gasteiger partial charge in [0.25, 0.3) is 11.5 Å². The van der Waals surface area contributed by atoms with E-state index in [0.29, 0.717) is 5.02 Å². The molecule has 0 spiro atoms. The highest BCUT2D eigenvalue weighted by molar-refractivity contribution is 6.31. The molecule has 0 atom stereocenters. The number of pyridine rings is 1. The number of benzene rings is 2. The molecule has 1 heterocycles. The molecule has 1 N–H and O–H groups in total. The summed E-state index contributed by atoms with van der Waals surface area (Å²) in [5, 5.41) is 4.25. The summed E-state index contributed by atoms with van der Waals surface area (Å²) >= 11 is 6.12. The monoisotopic (exact) mass is 383 g/mol. The molecule has 0 unspecified atom stereocenters. The SMILES string of the molecule is O=C(N/N=C\c1ccccc1F)c1cccn(Cc2ccccc2Cl)c1=O. The minimum absolute atomic E-state index is 0.0739. The molecule has 0 saturated carbocycles. The van der Waals surface area contributed by atoms with Crippen LogP contribution in [0.2, 0.25) is 5.02 Å². The Labute approximate surface area is 159 Å². The molecule has 0 aliphatic carbocycles. The molecule has 0 fully saturated rings. The van der Waals surface area contributed by atoms with Gasteiger partial charge >= 0.3 is 0 Å². The standard InChI is InChI=1S/C20H15ClFN3O2/c21-17-9-3-1-7-15(17)13-25-11-5-8-16(20(25)27)19(26)24-23-12-14-6-2-4-10-18(14)22/h1-12H,13H2,(H,24,26)/b23-12-. The molecule has 0 bridgehead atoms. The average molecular weight is 384 g/mol. The minimum Gasteiger partial charge on any atom is -0.310 e. The van der Waals surface area contributed by atoms with Crippen molar-refractivity contribution < 1.29 is 9.18 Å². The Morgan fingerprint density at radius 1 is 1.11 bits per heavy atom. The molecule has 1 amide bonds. The van der Waals surface area contributed by atoms with Gasteiger partial charge in [0.2, 0.25) is 0 Å². The van der Waals surface area contributed by atoms with Crippen molar-refractivity contribution in [2.75, 3.05) is 0 Å². The largest absolute Gasteiger partial charge is 0.310 e. The fourth-order valence-corrected chi connectivity index (χ4v) is 2.64. The van der Waals surface area contributed by atoms with Gasteiger partial charge in [-0.05, 0) is 29.8 Å². The van der Waals surface area contributed by atoms with Gasteiger partial charge in [0, 0.05) is 16.8 Å². The van der Waals surface area contributed by atoms with Crippen molar-refractivity contribution in [2.24, 2.45) is 5.10 Å². The molecule has 0 aliphatic heterocycles. The van der Waals surface area contributed by atoms with Crippen LogP contribution in [0.4, 0.5) is 4.39 Å². The highest BCUT2D eigenvalue weighted by atomic mass is 35.5. The molecular formula is C20H15ClFN3O2. The van der Waals surface area contributed by atoms with E-state index in [1.165, 1.54) is 29.0 Å². The summed E-state index contributed by atoms with van der Waals surface area (Å²) in [6.45, 7) is 0.234. The predicted molar refractivity (Wildman–Crippen MR) is 103 cm³/mol. The summed E-state index contributed by atoms with van der Waals surface area (Å²) in [5.41, 5.74) is 2.68. The molecule has 2 aromatic carbocycles. The van der Waals surface area contributed by atoms with Crippen molar-refractivity contribution in [3.63, 3.8) is 0 Å². The first-order valence-electron chi connectivity index (χ1n) is 8.07. The Morgan fingerprint density at radius 3 is 2.63 bits per heavy atom. The zero-order valence-electron chi connectivity index (χ0n) is 14.1. The van der Waals surface area contributed by atoms with Gasteiger partial charge < -0.3 is 4.57 Å². The Bertz CT molecular complexity index is 1060. The highest BCUT2D eigenvalue weighted by Gasteiger charge is 2.12. The van der Waals surface area contributed by atoms with E-state index in [1.54, 1.807) is 42.6 Å². The Balaban J connectivity index is 1.77. The van der Waals surface area contributed by atoms with E-state index in [9.17, 15) is 14.0 Å². The van der Waals surface area contributed by atoms with Crippen molar-refractivity contribution in [1.82, 2.24) is 9.99 Å². The van der Waals surface area contributed by atoms with Crippen molar-refractivity contribution >= 4 is 23.7 Å². The maximum atomic E-state index is 13.5. The topological polar surface area (TPSA) is 63.5 Å². The zero-order valence-corrected chi connectivity index (χ0v) is 14.9. The Morgan fingerprint density at radius 2 is 1.85 bits per heavy atom. The van der Waals surface area contributed by atoms with Gasteiger partial charge in [0.05, 0.1) is 12.8 Å². The van der Waals surface area contributed by atoms with Crippen LogP contribution in [-0.2, 0) is 6.54 Å². The van der Waals surface area contributed by atoms with Crippen LogP contribution in [-0.4, -0.2) is 16.7 Å². The van der Waals surface area contributed by atoms with E-state index >= 15 is 0 Å². The maximum absolute atomic E-state index is 13.5. The molecular weight excluding hydrogens is 369 g/mol. The quantitative estimate of drug-likeness (QED) is 0.541. The summed E-state index contributed by atoms with van der Waals surface area (Å²) in [7, 11) is 0. The number of amides is 1. The highest BCUT2D eigenvalue weighted by Crippen LogP contribution is 2.15. The molecule has 0 saturated heterocycles. The molecule has 27 heavy (non-hydrogen) atoms. The first-order chi connectivity index (χ1) is 13.1. The third-order valence-corrected chi connectivity index (χ3v) is 4.21. The van der Waals surface area contributed by atoms with Gasteiger partial charge in [0.15, 0.2) is 0 Å². The van der Waals surface area contributed by atoms with E-state index < -0.39 is 17.3 Å². The van der Waals surface area contributed by atoms with Crippen molar-refractivity contribution in [2.45, 2.75) is 6.54 Å². The third kappa shape index (κ3) is 4.48. The Kier molecular flexibility index (Phi) is 5.78. The van der Waals surface area contributed by atoms with Crippen molar-refractivity contribution in [3.05, 3.63) is 105 Å². The second-order valence-electron chi connectivity index (χ2n) is 5.67. The molecule has 5 nitrogen and oxygen atoms in total. The number of carbonyl (C=O) groups excluding carboxylic acids is 1. The predicted octanol–water partition coefficient (Wildman–Crippen LogP) is 3.45. The number of hydrazone groups is 1. The number of nitrogens with one attached hydrogen (secondary N) is 1. The number of aromatic nitrogens is 1. The summed E-state index contributed by atoms with van der Waals surface area (Å²) in [6, 6.07) is 16.2. The molecule has 1 aromatic heterocycles. The Hall–Kier alpha value is -3.25. The lowest BCUT2D eigenvalue weighted by Gasteiger charge is -2.09. The van der Waals surface area contributed by atoms with Crippen LogP contribution >= 0.6 is 11.6 Å². The van der Waals surface area contributed by atoms with E-state index in [4.69, 9.17) is 11.6 Å². The molecule has 3 rings (SSSR count). The van der Waals surface area contributed by atoms with Crippen LogP contribution in [0.5, 0.6) is 0 Å². The lowest BCUT2D eigenvalue weighted by Crippen LogP contribution is -2.31. The van der Waals surface area contributed by atoms with Crippen LogP contribution in [0.25, 0.3) is 0 Å². The number of hydrogen-bond acceptors (Lipinski definition) is 3. The van der Waals surface area contributed by atoms with E-state index in [0.717, 1.165) is 5.56 Å². The first-order valence-corrected chi connectivity index (χ1v) is 8.45. The normalized spacial score (nSPS) is 10.9. The molecule has 0 radical (unpaired) electrons. The molecule has 7 heteroatoms. The molecule has 136 valence electrons. The van der Waals surface area contributed by atoms with Crippen molar-refractivity contribution in [3.8, 4) is 0 Å². The second-order valence-corrected chi connectivity index (χ2v) is 6.07. The number of hydrogen-bond donors (Lipinski definition) is 1. The van der Waals surface area contributed by atoms with Gasteiger partial charge in [-0.15, -0.1) is 0 Å². The van der Waals surface area contributed by atoms with Crippen LogP contribution < -0.4 is 11.0 Å². The van der Waals surface area contributed by atoms with E-state index in [-0.39, 0.29) is 17.7 Å². The number of rotatable bonds is 5. The van der Waals surface area contributed by atoms with E-state index in [2.05, 4.69) is 10.5 Å². The van der Waals surface area contributed by atoms with Gasteiger partial charge in [-0.25, -0.2) is 9.82 Å². The lowest BCUT2D eigenvalue weighted by molar-refractivity contribution is 0.0953. The van der Waals surface area contributed by atoms with Gasteiger partial charge in [-0.1, -0.05) is 48.0 Å². The van der Waals surface area contributed by atoms with Crippen LogP contribution in [0, 0.1) is 5.82 Å². The fourth-order valence-electron chi connectivity index (χ4n) is 2.44. The van der Waals surface area contributed by atoms with Gasteiger partial charge in [-0.2, -0.15) is 5.10 Å². The van der Waals surface area contributed by atoms with Crippen LogP contribution in [0.1, 0.15) is 21.5 Å². The number of halogens is 2. The summed E-state index contributed by atoms with van der Waals surface area (Å²) in [5.74, 6) is -1.14. The summed E-state index contributed by atoms with van der Waals surface area (Å²) < 4.78 is 14.9. The van der Waals surface area contributed by atoms with Crippen LogP contribution in [0.3, 0.4) is 0 Å². The fraction of sp³-hybridized carbons (Fsp3) is 0.0500. The zero-order chi connectivity index (χ0) is 19.2. The summed E-state index contributed by atoms with van der Waals surface area (Å²) in [6.07, 6.45) is 2.75. The number of carbonyl (C=O) groups is 1. The number of nitrogens with zero attached hydrogens (tertiary/aromatic N) is 2. The second kappa shape index (κ2) is 8.42. The molecule has 0 aliphatic rings. The van der Waals surface area contributed by atoms with E-state index in [1.807, 2.05) is 6.07 Å². The van der Waals surface area contributed by atoms with Crippen molar-refractivity contribution in [1.29, 1.82) is 0 Å². The minimum atomic E-state index is -0.680. The first kappa shape index (κ1) is 18.5. The summed E-state index contributed by atoms with van der Waals surface area (Å²) in [4.78, 5) is 24.8. The van der Waals surface area contributed by atoms with Crippen LogP contribution in [0.15, 0.2) is 76.8 Å². The lowest BCUT2D eigenvalue weighted by atomic mass is 10.2.